The average Bonchev–Trinajstić information content (AvgIpc) is 2.88. The third-order valence-electron chi connectivity index (χ3n) is 4.47. The number of aromatic nitrogens is 2. The normalized spacial score (nSPS) is 22.0. The first-order valence-corrected chi connectivity index (χ1v) is 8.10. The first-order valence-electron chi connectivity index (χ1n) is 8.10. The largest absolute Gasteiger partial charge is 0.356 e. The van der Waals surface area contributed by atoms with Gasteiger partial charge in [0.1, 0.15) is 0 Å². The summed E-state index contributed by atoms with van der Waals surface area (Å²) in [6.07, 6.45) is 8.67. The summed E-state index contributed by atoms with van der Waals surface area (Å²) in [5, 5.41) is 10.9. The molecule has 2 N–H and O–H groups in total. The molecular formula is C16H30IN5. The molecule has 22 heavy (non-hydrogen) atoms. The van der Waals surface area contributed by atoms with Crippen molar-refractivity contribution < 1.29 is 0 Å². The van der Waals surface area contributed by atoms with E-state index in [1.54, 1.807) is 0 Å². The van der Waals surface area contributed by atoms with Crippen molar-refractivity contribution in [3.05, 3.63) is 18.0 Å². The van der Waals surface area contributed by atoms with Crippen LogP contribution in [0.3, 0.4) is 0 Å². The van der Waals surface area contributed by atoms with Gasteiger partial charge in [0.05, 0.1) is 12.2 Å². The number of nitrogens with zero attached hydrogens (tertiary/aromatic N) is 3. The van der Waals surface area contributed by atoms with Gasteiger partial charge in [-0.25, -0.2) is 0 Å². The van der Waals surface area contributed by atoms with Crippen molar-refractivity contribution in [2.24, 2.45) is 23.9 Å². The van der Waals surface area contributed by atoms with Gasteiger partial charge in [0.15, 0.2) is 5.96 Å². The molecule has 1 saturated carbocycles. The van der Waals surface area contributed by atoms with Gasteiger partial charge in [-0.1, -0.05) is 26.2 Å². The number of hydrogen-bond donors (Lipinski definition) is 2. The molecule has 1 aliphatic rings. The van der Waals surface area contributed by atoms with Crippen LogP contribution in [0.15, 0.2) is 17.3 Å². The van der Waals surface area contributed by atoms with Crippen LogP contribution in [-0.4, -0.2) is 29.3 Å². The van der Waals surface area contributed by atoms with Crippen LogP contribution in [0.5, 0.6) is 0 Å². The Hall–Kier alpha value is -0.790. The number of aryl methyl sites for hydroxylation is 1. The third-order valence-corrected chi connectivity index (χ3v) is 4.47. The highest BCUT2D eigenvalue weighted by molar-refractivity contribution is 14.0. The molecule has 1 heterocycles. The number of guanidine groups is 1. The maximum atomic E-state index is 4.28. The zero-order chi connectivity index (χ0) is 15.1. The lowest BCUT2D eigenvalue weighted by molar-refractivity contribution is 0.270. The van der Waals surface area contributed by atoms with Gasteiger partial charge in [-0.2, -0.15) is 5.10 Å². The Morgan fingerprint density at radius 3 is 2.86 bits per heavy atom. The number of rotatable bonds is 5. The molecule has 6 heteroatoms. The number of halogens is 1. The van der Waals surface area contributed by atoms with E-state index in [1.165, 1.54) is 32.1 Å². The molecule has 1 aromatic heterocycles. The van der Waals surface area contributed by atoms with Crippen molar-refractivity contribution in [3.63, 3.8) is 0 Å². The molecule has 5 nitrogen and oxygen atoms in total. The lowest BCUT2D eigenvalue weighted by Gasteiger charge is -2.26. The maximum absolute atomic E-state index is 4.28. The van der Waals surface area contributed by atoms with Gasteiger partial charge in [0, 0.05) is 26.8 Å². The molecule has 0 bridgehead atoms. The standard InChI is InChI=1S/C16H29N5.HI/c1-13-5-4-6-14(11-13)7-9-18-16(17-2)19-12-15-8-10-20-21(15)3;/h8,10,13-14H,4-7,9,11-12H2,1-3H3,(H2,17,18,19);1H. The summed E-state index contributed by atoms with van der Waals surface area (Å²) in [5.74, 6) is 2.67. The Balaban J connectivity index is 0.00000242. The van der Waals surface area contributed by atoms with Crippen LogP contribution >= 0.6 is 24.0 Å². The molecule has 0 amide bonds. The molecule has 2 unspecified atom stereocenters. The Labute approximate surface area is 151 Å². The van der Waals surface area contributed by atoms with Crippen molar-refractivity contribution in [3.8, 4) is 0 Å². The number of aliphatic imine (C=N–C) groups is 1. The fraction of sp³-hybridized carbons (Fsp3) is 0.750. The highest BCUT2D eigenvalue weighted by Gasteiger charge is 2.18. The van der Waals surface area contributed by atoms with Crippen molar-refractivity contribution in [2.45, 2.75) is 45.6 Å². The predicted molar refractivity (Wildman–Crippen MR) is 103 cm³/mol. The van der Waals surface area contributed by atoms with Crippen molar-refractivity contribution in [1.29, 1.82) is 0 Å². The Bertz CT molecular complexity index is 457. The van der Waals surface area contributed by atoms with Crippen LogP contribution < -0.4 is 10.6 Å². The van der Waals surface area contributed by atoms with E-state index >= 15 is 0 Å². The molecule has 2 rings (SSSR count). The highest BCUT2D eigenvalue weighted by atomic mass is 127. The molecule has 126 valence electrons. The molecule has 1 aromatic rings. The zero-order valence-electron chi connectivity index (χ0n) is 14.0. The molecular weight excluding hydrogens is 389 g/mol. The van der Waals surface area contributed by atoms with Gasteiger partial charge in [-0.15, -0.1) is 24.0 Å². The molecule has 0 aliphatic heterocycles. The van der Waals surface area contributed by atoms with Crippen molar-refractivity contribution in [2.75, 3.05) is 13.6 Å². The van der Waals surface area contributed by atoms with Gasteiger partial charge in [0.25, 0.3) is 0 Å². The fourth-order valence-electron chi connectivity index (χ4n) is 3.19. The Kier molecular flexibility index (Phi) is 8.82. The maximum Gasteiger partial charge on any atom is 0.191 e. The second-order valence-electron chi connectivity index (χ2n) is 6.23. The first kappa shape index (κ1) is 19.3. The van der Waals surface area contributed by atoms with E-state index in [0.717, 1.165) is 36.6 Å². The van der Waals surface area contributed by atoms with E-state index < -0.39 is 0 Å². The SMILES string of the molecule is CN=C(NCCC1CCCC(C)C1)NCc1ccnn1C.I. The smallest absolute Gasteiger partial charge is 0.191 e. The zero-order valence-corrected chi connectivity index (χ0v) is 16.3. The van der Waals surface area contributed by atoms with Crippen LogP contribution in [0.1, 0.15) is 44.7 Å². The quantitative estimate of drug-likeness (QED) is 0.439. The fourth-order valence-corrected chi connectivity index (χ4v) is 3.19. The summed E-state index contributed by atoms with van der Waals surface area (Å²) in [6, 6.07) is 2.02. The Morgan fingerprint density at radius 1 is 1.41 bits per heavy atom. The van der Waals surface area contributed by atoms with E-state index in [1.807, 2.05) is 31.0 Å². The Morgan fingerprint density at radius 2 is 2.23 bits per heavy atom. The molecule has 0 aromatic carbocycles. The molecule has 1 aliphatic carbocycles. The monoisotopic (exact) mass is 419 g/mol. The minimum Gasteiger partial charge on any atom is -0.356 e. The summed E-state index contributed by atoms with van der Waals surface area (Å²) >= 11 is 0. The van der Waals surface area contributed by atoms with Gasteiger partial charge in [-0.05, 0) is 30.7 Å². The van der Waals surface area contributed by atoms with Crippen LogP contribution in [0.4, 0.5) is 0 Å². The van der Waals surface area contributed by atoms with E-state index in [9.17, 15) is 0 Å². The number of nitrogens with one attached hydrogen (secondary N) is 2. The minimum absolute atomic E-state index is 0. The third kappa shape index (κ3) is 6.14. The van der Waals surface area contributed by atoms with E-state index in [2.05, 4.69) is 27.6 Å². The topological polar surface area (TPSA) is 54.2 Å². The summed E-state index contributed by atoms with van der Waals surface area (Å²) in [5.41, 5.74) is 1.15. The minimum atomic E-state index is 0. The van der Waals surface area contributed by atoms with Gasteiger partial charge >= 0.3 is 0 Å². The molecule has 0 saturated heterocycles. The lowest BCUT2D eigenvalue weighted by Crippen LogP contribution is -2.38. The first-order chi connectivity index (χ1) is 10.2. The lowest BCUT2D eigenvalue weighted by atomic mass is 9.81. The van der Waals surface area contributed by atoms with E-state index in [4.69, 9.17) is 0 Å². The molecule has 2 atom stereocenters. The summed E-state index contributed by atoms with van der Waals surface area (Å²) in [6.45, 7) is 4.13. The van der Waals surface area contributed by atoms with Crippen LogP contribution in [0, 0.1) is 11.8 Å². The summed E-state index contributed by atoms with van der Waals surface area (Å²) in [7, 11) is 3.78. The van der Waals surface area contributed by atoms with E-state index in [-0.39, 0.29) is 24.0 Å². The second kappa shape index (κ2) is 10.1. The number of hydrogen-bond acceptors (Lipinski definition) is 2. The molecule has 0 spiro atoms. The van der Waals surface area contributed by atoms with E-state index in [0.29, 0.717) is 0 Å². The van der Waals surface area contributed by atoms with Crippen LogP contribution in [0.25, 0.3) is 0 Å². The van der Waals surface area contributed by atoms with Crippen LogP contribution in [0.2, 0.25) is 0 Å². The highest BCUT2D eigenvalue weighted by Crippen LogP contribution is 2.30. The summed E-state index contributed by atoms with van der Waals surface area (Å²) in [4.78, 5) is 4.28. The molecule has 1 fully saturated rings. The average molecular weight is 419 g/mol. The predicted octanol–water partition coefficient (Wildman–Crippen LogP) is 2.92. The second-order valence-corrected chi connectivity index (χ2v) is 6.23. The van der Waals surface area contributed by atoms with Gasteiger partial charge < -0.3 is 10.6 Å². The summed E-state index contributed by atoms with van der Waals surface area (Å²) < 4.78 is 1.88. The van der Waals surface area contributed by atoms with Gasteiger partial charge in [-0.3, -0.25) is 9.67 Å². The molecule has 0 radical (unpaired) electrons. The van der Waals surface area contributed by atoms with Gasteiger partial charge in [0.2, 0.25) is 0 Å². The van der Waals surface area contributed by atoms with Crippen molar-refractivity contribution in [1.82, 2.24) is 20.4 Å². The van der Waals surface area contributed by atoms with Crippen molar-refractivity contribution >= 4 is 29.9 Å². The van der Waals surface area contributed by atoms with Crippen LogP contribution in [-0.2, 0) is 13.6 Å².